The number of likely N-dealkylation sites (N-methyl/N-ethyl adjacent to an activating group) is 1. The van der Waals surface area contributed by atoms with Gasteiger partial charge in [-0.15, -0.1) is 0 Å². The minimum Gasteiger partial charge on any atom is -0.312 e. The molecule has 1 atom stereocenters. The molecule has 16 heavy (non-hydrogen) atoms. The van der Waals surface area contributed by atoms with Gasteiger partial charge in [0.1, 0.15) is 0 Å². The molecule has 96 valence electrons. The van der Waals surface area contributed by atoms with Gasteiger partial charge in [0.2, 0.25) is 0 Å². The molecule has 1 rings (SSSR count). The molecule has 1 aliphatic rings. The smallest absolute Gasteiger partial charge is 0.0222 e. The number of nitrogens with zero attached hydrogens (tertiary/aromatic N) is 1. The van der Waals surface area contributed by atoms with Gasteiger partial charge in [-0.05, 0) is 45.8 Å². The summed E-state index contributed by atoms with van der Waals surface area (Å²) in [6.07, 6.45) is 9.93. The summed E-state index contributed by atoms with van der Waals surface area (Å²) in [5.74, 6) is 0.913. The quantitative estimate of drug-likeness (QED) is 0.701. The molecule has 0 saturated heterocycles. The Kier molecular flexibility index (Phi) is 7.06. The fourth-order valence-corrected chi connectivity index (χ4v) is 2.82. The van der Waals surface area contributed by atoms with Crippen LogP contribution in [0.2, 0.25) is 0 Å². The average Bonchev–Trinajstić information content (AvgIpc) is 2.52. The van der Waals surface area contributed by atoms with Gasteiger partial charge >= 0.3 is 0 Å². The molecule has 0 heterocycles. The van der Waals surface area contributed by atoms with Crippen molar-refractivity contribution in [3.8, 4) is 0 Å². The maximum atomic E-state index is 3.76. The van der Waals surface area contributed by atoms with Crippen molar-refractivity contribution in [2.24, 2.45) is 5.92 Å². The van der Waals surface area contributed by atoms with Crippen LogP contribution in [0.1, 0.15) is 51.9 Å². The molecule has 0 aromatic heterocycles. The highest BCUT2D eigenvalue weighted by Gasteiger charge is 2.22. The molecule has 0 bridgehead atoms. The van der Waals surface area contributed by atoms with Gasteiger partial charge < -0.3 is 10.2 Å². The van der Waals surface area contributed by atoms with Gasteiger partial charge in [-0.2, -0.15) is 0 Å². The number of hydrogen-bond donors (Lipinski definition) is 1. The number of hydrogen-bond acceptors (Lipinski definition) is 2. The summed E-state index contributed by atoms with van der Waals surface area (Å²) in [5.41, 5.74) is 0. The molecular formula is C14H30N2. The molecule has 0 radical (unpaired) electrons. The second-order valence-electron chi connectivity index (χ2n) is 5.57. The lowest BCUT2D eigenvalue weighted by atomic mass is 9.91. The van der Waals surface area contributed by atoms with Crippen LogP contribution in [-0.4, -0.2) is 38.1 Å². The van der Waals surface area contributed by atoms with Crippen LogP contribution in [0.25, 0.3) is 0 Å². The topological polar surface area (TPSA) is 15.3 Å². The summed E-state index contributed by atoms with van der Waals surface area (Å²) in [4.78, 5) is 2.33. The third-order valence-corrected chi connectivity index (χ3v) is 3.69. The van der Waals surface area contributed by atoms with E-state index in [4.69, 9.17) is 0 Å². The van der Waals surface area contributed by atoms with E-state index in [1.807, 2.05) is 0 Å². The van der Waals surface area contributed by atoms with Crippen LogP contribution in [0, 0.1) is 5.92 Å². The standard InChI is InChI=1S/C14H30N2/c1-4-11-15-14(12-16(2)3)13-9-7-5-6-8-10-13/h13-15H,4-12H2,1-3H3. The van der Waals surface area contributed by atoms with Crippen molar-refractivity contribution in [3.63, 3.8) is 0 Å². The van der Waals surface area contributed by atoms with E-state index in [1.165, 1.54) is 58.0 Å². The lowest BCUT2D eigenvalue weighted by Crippen LogP contribution is -2.44. The average molecular weight is 226 g/mol. The maximum absolute atomic E-state index is 3.76. The summed E-state index contributed by atoms with van der Waals surface area (Å²) < 4.78 is 0. The first-order valence-corrected chi connectivity index (χ1v) is 7.12. The molecule has 0 aromatic rings. The van der Waals surface area contributed by atoms with Gasteiger partial charge in [0, 0.05) is 12.6 Å². The third-order valence-electron chi connectivity index (χ3n) is 3.69. The summed E-state index contributed by atoms with van der Waals surface area (Å²) in [5, 5.41) is 3.76. The molecular weight excluding hydrogens is 196 g/mol. The van der Waals surface area contributed by atoms with Crippen LogP contribution in [-0.2, 0) is 0 Å². The van der Waals surface area contributed by atoms with E-state index in [0.717, 1.165) is 5.92 Å². The SMILES string of the molecule is CCCNC(CN(C)C)C1CCCCCC1. The Morgan fingerprint density at radius 1 is 1.12 bits per heavy atom. The van der Waals surface area contributed by atoms with E-state index >= 15 is 0 Å². The van der Waals surface area contributed by atoms with E-state index in [1.54, 1.807) is 0 Å². The lowest BCUT2D eigenvalue weighted by molar-refractivity contribution is 0.250. The van der Waals surface area contributed by atoms with Crippen molar-refractivity contribution in [1.29, 1.82) is 0 Å². The Morgan fingerprint density at radius 3 is 2.25 bits per heavy atom. The van der Waals surface area contributed by atoms with E-state index in [9.17, 15) is 0 Å². The predicted octanol–water partition coefficient (Wildman–Crippen LogP) is 2.89. The first-order valence-electron chi connectivity index (χ1n) is 7.12. The van der Waals surface area contributed by atoms with E-state index in [-0.39, 0.29) is 0 Å². The molecule has 0 aromatic carbocycles. The maximum Gasteiger partial charge on any atom is 0.0222 e. The zero-order valence-corrected chi connectivity index (χ0v) is 11.5. The summed E-state index contributed by atoms with van der Waals surface area (Å²) >= 11 is 0. The lowest BCUT2D eigenvalue weighted by Gasteiger charge is -2.29. The van der Waals surface area contributed by atoms with Crippen molar-refractivity contribution >= 4 is 0 Å². The molecule has 0 amide bonds. The molecule has 0 aliphatic heterocycles. The second-order valence-corrected chi connectivity index (χ2v) is 5.57. The largest absolute Gasteiger partial charge is 0.312 e. The monoisotopic (exact) mass is 226 g/mol. The van der Waals surface area contributed by atoms with Gasteiger partial charge in [0.25, 0.3) is 0 Å². The summed E-state index contributed by atoms with van der Waals surface area (Å²) in [7, 11) is 4.38. The van der Waals surface area contributed by atoms with Crippen molar-refractivity contribution in [2.45, 2.75) is 57.9 Å². The normalized spacial score (nSPS) is 21.0. The second kappa shape index (κ2) is 8.08. The molecule has 2 nitrogen and oxygen atoms in total. The number of nitrogens with one attached hydrogen (secondary N) is 1. The van der Waals surface area contributed by atoms with Crippen LogP contribution in [0.3, 0.4) is 0 Å². The Hall–Kier alpha value is -0.0800. The van der Waals surface area contributed by atoms with Crippen molar-refractivity contribution in [1.82, 2.24) is 10.2 Å². The minimum absolute atomic E-state index is 0.716. The molecule has 1 unspecified atom stereocenters. The van der Waals surface area contributed by atoms with Crippen molar-refractivity contribution in [3.05, 3.63) is 0 Å². The van der Waals surface area contributed by atoms with Gasteiger partial charge in [0.05, 0.1) is 0 Å². The van der Waals surface area contributed by atoms with Gasteiger partial charge in [-0.3, -0.25) is 0 Å². The fraction of sp³-hybridized carbons (Fsp3) is 1.00. The van der Waals surface area contributed by atoms with Crippen LogP contribution < -0.4 is 5.32 Å². The summed E-state index contributed by atoms with van der Waals surface area (Å²) in [6, 6.07) is 0.716. The Balaban J connectivity index is 2.43. The van der Waals surface area contributed by atoms with Crippen LogP contribution >= 0.6 is 0 Å². The Bertz CT molecular complexity index is 160. The van der Waals surface area contributed by atoms with Gasteiger partial charge in [-0.1, -0.05) is 32.6 Å². The molecule has 2 heteroatoms. The van der Waals surface area contributed by atoms with E-state index in [2.05, 4.69) is 31.2 Å². The first-order chi connectivity index (χ1) is 7.74. The highest BCUT2D eigenvalue weighted by molar-refractivity contribution is 4.80. The first kappa shape index (κ1) is 14.0. The molecule has 1 aliphatic carbocycles. The predicted molar refractivity (Wildman–Crippen MR) is 71.8 cm³/mol. The minimum atomic E-state index is 0.716. The van der Waals surface area contributed by atoms with Crippen LogP contribution in [0.15, 0.2) is 0 Å². The zero-order chi connectivity index (χ0) is 11.8. The zero-order valence-electron chi connectivity index (χ0n) is 11.5. The fourth-order valence-electron chi connectivity index (χ4n) is 2.82. The molecule has 1 saturated carbocycles. The summed E-state index contributed by atoms with van der Waals surface area (Å²) in [6.45, 7) is 4.63. The van der Waals surface area contributed by atoms with E-state index in [0.29, 0.717) is 6.04 Å². The Morgan fingerprint density at radius 2 is 1.75 bits per heavy atom. The third kappa shape index (κ3) is 5.31. The van der Waals surface area contributed by atoms with Crippen LogP contribution in [0.4, 0.5) is 0 Å². The van der Waals surface area contributed by atoms with Crippen molar-refractivity contribution in [2.75, 3.05) is 27.2 Å². The molecule has 1 N–H and O–H groups in total. The Labute approximate surface area is 102 Å². The highest BCUT2D eigenvalue weighted by atomic mass is 15.1. The van der Waals surface area contributed by atoms with Gasteiger partial charge in [0.15, 0.2) is 0 Å². The number of rotatable bonds is 6. The van der Waals surface area contributed by atoms with Crippen molar-refractivity contribution < 1.29 is 0 Å². The highest BCUT2D eigenvalue weighted by Crippen LogP contribution is 2.25. The molecule has 1 fully saturated rings. The van der Waals surface area contributed by atoms with E-state index < -0.39 is 0 Å². The molecule has 0 spiro atoms. The van der Waals surface area contributed by atoms with Crippen LogP contribution in [0.5, 0.6) is 0 Å². The van der Waals surface area contributed by atoms with Gasteiger partial charge in [-0.25, -0.2) is 0 Å².